The maximum Gasteiger partial charge on any atom is 0.119 e. The molecule has 1 aromatic carbocycles. The molecule has 1 radical (unpaired) electrons. The average Bonchev–Trinajstić information content (AvgIpc) is 2.18. The van der Waals surface area contributed by atoms with Crippen molar-refractivity contribution in [3.63, 3.8) is 0 Å². The average molecular weight is 277 g/mol. The van der Waals surface area contributed by atoms with Gasteiger partial charge in [0.25, 0.3) is 0 Å². The van der Waals surface area contributed by atoms with Crippen LogP contribution in [0.15, 0.2) is 24.3 Å². The van der Waals surface area contributed by atoms with E-state index in [-0.39, 0.29) is 4.29 Å². The van der Waals surface area contributed by atoms with Gasteiger partial charge in [0.05, 0.1) is 10.9 Å². The van der Waals surface area contributed by atoms with Gasteiger partial charge in [-0.15, -0.1) is 11.6 Å². The SMILES string of the molecule is ClC(Br)CCCCOc1cc[c]cc1. The van der Waals surface area contributed by atoms with Gasteiger partial charge >= 0.3 is 0 Å². The minimum absolute atomic E-state index is 0.0915. The summed E-state index contributed by atoms with van der Waals surface area (Å²) in [6.45, 7) is 0.751. The Morgan fingerprint density at radius 2 is 2.07 bits per heavy atom. The van der Waals surface area contributed by atoms with E-state index in [2.05, 4.69) is 22.0 Å². The summed E-state index contributed by atoms with van der Waals surface area (Å²) in [5.74, 6) is 0.907. The third kappa shape index (κ3) is 5.51. The lowest BCUT2D eigenvalue weighted by molar-refractivity contribution is 0.306. The highest BCUT2D eigenvalue weighted by Crippen LogP contribution is 2.14. The van der Waals surface area contributed by atoms with Crippen LogP contribution in [0.1, 0.15) is 19.3 Å². The lowest BCUT2D eigenvalue weighted by Gasteiger charge is -2.05. The number of benzene rings is 1. The van der Waals surface area contributed by atoms with Gasteiger partial charge in [0, 0.05) is 0 Å². The van der Waals surface area contributed by atoms with E-state index in [0.717, 1.165) is 31.6 Å². The molecule has 0 aliphatic carbocycles. The summed E-state index contributed by atoms with van der Waals surface area (Å²) in [5, 5.41) is 0. The van der Waals surface area contributed by atoms with Crippen molar-refractivity contribution in [3.05, 3.63) is 30.3 Å². The van der Waals surface area contributed by atoms with Crippen molar-refractivity contribution in [2.45, 2.75) is 23.5 Å². The van der Waals surface area contributed by atoms with E-state index >= 15 is 0 Å². The van der Waals surface area contributed by atoms with E-state index in [1.165, 1.54) is 0 Å². The maximum atomic E-state index is 5.75. The molecule has 0 aliphatic heterocycles. The minimum Gasteiger partial charge on any atom is -0.494 e. The predicted octanol–water partition coefficient (Wildman–Crippen LogP) is 4.00. The predicted molar refractivity (Wildman–Crippen MR) is 63.2 cm³/mol. The number of hydrogen-bond acceptors (Lipinski definition) is 1. The van der Waals surface area contributed by atoms with E-state index in [0.29, 0.717) is 0 Å². The molecule has 14 heavy (non-hydrogen) atoms. The number of alkyl halides is 2. The van der Waals surface area contributed by atoms with Crippen molar-refractivity contribution in [2.24, 2.45) is 0 Å². The van der Waals surface area contributed by atoms with Crippen LogP contribution in [0.25, 0.3) is 0 Å². The monoisotopic (exact) mass is 275 g/mol. The van der Waals surface area contributed by atoms with Crippen LogP contribution in [0.2, 0.25) is 0 Å². The molecule has 1 aromatic rings. The molecule has 0 N–H and O–H groups in total. The Morgan fingerprint density at radius 1 is 1.36 bits per heavy atom. The Morgan fingerprint density at radius 3 is 2.71 bits per heavy atom. The van der Waals surface area contributed by atoms with Crippen molar-refractivity contribution in [3.8, 4) is 5.75 Å². The molecular formula is C11H13BrClO. The molecule has 1 atom stereocenters. The second kappa shape index (κ2) is 7.13. The zero-order chi connectivity index (χ0) is 10.2. The highest BCUT2D eigenvalue weighted by Gasteiger charge is 1.97. The first kappa shape index (κ1) is 11.9. The molecule has 0 saturated carbocycles. The van der Waals surface area contributed by atoms with Crippen molar-refractivity contribution in [2.75, 3.05) is 6.61 Å². The zero-order valence-corrected chi connectivity index (χ0v) is 10.2. The summed E-state index contributed by atoms with van der Waals surface area (Å²) < 4.78 is 5.60. The minimum atomic E-state index is 0.0915. The molecule has 1 rings (SSSR count). The van der Waals surface area contributed by atoms with E-state index in [1.54, 1.807) is 0 Å². The zero-order valence-electron chi connectivity index (χ0n) is 7.88. The molecule has 0 spiro atoms. The van der Waals surface area contributed by atoms with E-state index < -0.39 is 0 Å². The third-order valence-electron chi connectivity index (χ3n) is 1.77. The Hall–Kier alpha value is -0.210. The number of hydrogen-bond donors (Lipinski definition) is 0. The summed E-state index contributed by atoms with van der Waals surface area (Å²) in [6.07, 6.45) is 3.10. The quantitative estimate of drug-likeness (QED) is 0.564. The van der Waals surface area contributed by atoms with Crippen LogP contribution >= 0.6 is 27.5 Å². The second-order valence-electron chi connectivity index (χ2n) is 2.97. The second-order valence-corrected chi connectivity index (χ2v) is 5.13. The molecule has 0 amide bonds. The lowest BCUT2D eigenvalue weighted by atomic mass is 10.3. The molecule has 0 aliphatic rings. The highest BCUT2D eigenvalue weighted by molar-refractivity contribution is 9.10. The molecule has 1 nitrogen and oxygen atoms in total. The normalized spacial score (nSPS) is 12.4. The fourth-order valence-electron chi connectivity index (χ4n) is 1.06. The largest absolute Gasteiger partial charge is 0.494 e. The molecule has 0 fully saturated rings. The van der Waals surface area contributed by atoms with Crippen LogP contribution in [0.3, 0.4) is 0 Å². The van der Waals surface area contributed by atoms with Crippen LogP contribution in [0, 0.1) is 6.07 Å². The molecule has 0 saturated heterocycles. The van der Waals surface area contributed by atoms with Crippen molar-refractivity contribution >= 4 is 27.5 Å². The van der Waals surface area contributed by atoms with Gasteiger partial charge in [-0.2, -0.15) is 0 Å². The Kier molecular flexibility index (Phi) is 6.04. The summed E-state index contributed by atoms with van der Waals surface area (Å²) in [6, 6.07) is 10.5. The highest BCUT2D eigenvalue weighted by atomic mass is 79.9. The molecule has 0 heterocycles. The molecule has 1 unspecified atom stereocenters. The van der Waals surface area contributed by atoms with Gasteiger partial charge in [-0.3, -0.25) is 0 Å². The van der Waals surface area contributed by atoms with Crippen molar-refractivity contribution in [1.82, 2.24) is 0 Å². The third-order valence-corrected chi connectivity index (χ3v) is 2.45. The molecule has 0 bridgehead atoms. The van der Waals surface area contributed by atoms with Gasteiger partial charge in [0.15, 0.2) is 0 Å². The van der Waals surface area contributed by atoms with Gasteiger partial charge in [0.1, 0.15) is 5.75 Å². The van der Waals surface area contributed by atoms with Crippen LogP contribution in [-0.2, 0) is 0 Å². The lowest BCUT2D eigenvalue weighted by Crippen LogP contribution is -1.98. The summed E-state index contributed by atoms with van der Waals surface area (Å²) in [4.78, 5) is 0. The summed E-state index contributed by atoms with van der Waals surface area (Å²) in [7, 11) is 0. The first-order valence-electron chi connectivity index (χ1n) is 4.66. The number of ether oxygens (including phenoxy) is 1. The Bertz CT molecular complexity index is 238. The Balaban J connectivity index is 2.05. The van der Waals surface area contributed by atoms with Crippen LogP contribution < -0.4 is 4.74 Å². The van der Waals surface area contributed by atoms with Crippen molar-refractivity contribution in [1.29, 1.82) is 0 Å². The summed E-state index contributed by atoms with van der Waals surface area (Å²) in [5.41, 5.74) is 0. The van der Waals surface area contributed by atoms with E-state index in [9.17, 15) is 0 Å². The van der Waals surface area contributed by atoms with E-state index in [4.69, 9.17) is 16.3 Å². The molecule has 0 aromatic heterocycles. The Labute approximate surface area is 98.5 Å². The molecular weight excluding hydrogens is 263 g/mol. The first-order valence-corrected chi connectivity index (χ1v) is 6.01. The fourth-order valence-corrected chi connectivity index (χ4v) is 1.54. The van der Waals surface area contributed by atoms with Gasteiger partial charge in [-0.25, -0.2) is 0 Å². The fraction of sp³-hybridized carbons (Fsp3) is 0.455. The van der Waals surface area contributed by atoms with Gasteiger partial charge in [-0.1, -0.05) is 28.1 Å². The first-order chi connectivity index (χ1) is 6.79. The van der Waals surface area contributed by atoms with Crippen LogP contribution in [0.4, 0.5) is 0 Å². The topological polar surface area (TPSA) is 9.23 Å². The van der Waals surface area contributed by atoms with Crippen LogP contribution in [-0.4, -0.2) is 10.9 Å². The number of rotatable bonds is 6. The number of unbranched alkanes of at least 4 members (excludes halogenated alkanes) is 1. The van der Waals surface area contributed by atoms with Gasteiger partial charge < -0.3 is 4.74 Å². The van der Waals surface area contributed by atoms with Crippen molar-refractivity contribution < 1.29 is 4.74 Å². The van der Waals surface area contributed by atoms with Gasteiger partial charge in [0.2, 0.25) is 0 Å². The maximum absolute atomic E-state index is 5.75. The summed E-state index contributed by atoms with van der Waals surface area (Å²) >= 11 is 9.04. The molecule has 3 heteroatoms. The standard InChI is InChI=1S/C11H13BrClO/c12-11(13)8-4-5-9-14-10-6-2-1-3-7-10/h2-3,6-7,11H,4-5,8-9H2. The van der Waals surface area contributed by atoms with Gasteiger partial charge in [-0.05, 0) is 37.5 Å². The smallest absolute Gasteiger partial charge is 0.119 e. The van der Waals surface area contributed by atoms with E-state index in [1.807, 2.05) is 24.3 Å². The van der Waals surface area contributed by atoms with Crippen LogP contribution in [0.5, 0.6) is 5.75 Å². The molecule has 77 valence electrons. The number of halogens is 2.